The van der Waals surface area contributed by atoms with Gasteiger partial charge >= 0.3 is 0 Å². The summed E-state index contributed by atoms with van der Waals surface area (Å²) < 4.78 is 1.82. The second-order valence-corrected chi connectivity index (χ2v) is 2.88. The molecule has 0 radical (unpaired) electrons. The lowest BCUT2D eigenvalue weighted by Crippen LogP contribution is -2.09. The predicted octanol–water partition coefficient (Wildman–Crippen LogP) is 0.971. The van der Waals surface area contributed by atoms with Crippen LogP contribution in [0.5, 0.6) is 0 Å². The molecular formula is C10H9N3O. The van der Waals surface area contributed by atoms with E-state index in [-0.39, 0.29) is 0 Å². The molecule has 0 saturated heterocycles. The third-order valence-electron chi connectivity index (χ3n) is 1.94. The maximum absolute atomic E-state index is 10.8. The van der Waals surface area contributed by atoms with Crippen molar-refractivity contribution in [1.29, 1.82) is 0 Å². The van der Waals surface area contributed by atoms with Crippen molar-refractivity contribution in [3.05, 3.63) is 48.5 Å². The number of pyridine rings is 1. The first-order valence-electron chi connectivity index (χ1n) is 4.15. The Kier molecular flexibility index (Phi) is 2.02. The number of carbonyl (C=O) groups excluding carboxylic acids is 1. The van der Waals surface area contributed by atoms with Crippen molar-refractivity contribution in [2.24, 2.45) is 5.73 Å². The second kappa shape index (κ2) is 3.33. The van der Waals surface area contributed by atoms with Crippen LogP contribution >= 0.6 is 0 Å². The van der Waals surface area contributed by atoms with Gasteiger partial charge in [0.15, 0.2) is 0 Å². The van der Waals surface area contributed by atoms with E-state index in [1.54, 1.807) is 30.9 Å². The summed E-state index contributed by atoms with van der Waals surface area (Å²) in [5.41, 5.74) is 6.59. The summed E-state index contributed by atoms with van der Waals surface area (Å²) in [6, 6.07) is 5.39. The molecule has 0 aliphatic heterocycles. The van der Waals surface area contributed by atoms with Gasteiger partial charge in [-0.05, 0) is 18.2 Å². The summed E-state index contributed by atoms with van der Waals surface area (Å²) in [5, 5.41) is 0. The molecule has 2 heterocycles. The molecule has 1 amide bonds. The number of aromatic nitrogens is 2. The lowest BCUT2D eigenvalue weighted by molar-refractivity contribution is 0.100. The van der Waals surface area contributed by atoms with Gasteiger partial charge in [0.05, 0.1) is 5.56 Å². The van der Waals surface area contributed by atoms with Gasteiger partial charge in [0, 0.05) is 30.5 Å². The van der Waals surface area contributed by atoms with Crippen molar-refractivity contribution in [3.63, 3.8) is 0 Å². The Labute approximate surface area is 81.0 Å². The maximum Gasteiger partial charge on any atom is 0.250 e. The minimum Gasteiger partial charge on any atom is -0.366 e. The maximum atomic E-state index is 10.8. The lowest BCUT2D eigenvalue weighted by atomic mass is 10.3. The highest BCUT2D eigenvalue weighted by Crippen LogP contribution is 2.08. The van der Waals surface area contributed by atoms with Crippen molar-refractivity contribution in [3.8, 4) is 5.69 Å². The standard InChI is InChI=1S/C10H9N3O/c11-10(14)8-3-6-13(7-8)9-1-4-12-5-2-9/h1-7H,(H2,11,14). The molecule has 0 fully saturated rings. The van der Waals surface area contributed by atoms with Gasteiger partial charge in [-0.15, -0.1) is 0 Å². The average molecular weight is 187 g/mol. The van der Waals surface area contributed by atoms with Gasteiger partial charge in [-0.3, -0.25) is 9.78 Å². The monoisotopic (exact) mass is 187 g/mol. The Morgan fingerprint density at radius 1 is 1.29 bits per heavy atom. The molecule has 0 spiro atoms. The third-order valence-corrected chi connectivity index (χ3v) is 1.94. The first-order valence-corrected chi connectivity index (χ1v) is 4.15. The van der Waals surface area contributed by atoms with Crippen molar-refractivity contribution in [1.82, 2.24) is 9.55 Å². The zero-order valence-electron chi connectivity index (χ0n) is 7.42. The summed E-state index contributed by atoms with van der Waals surface area (Å²) >= 11 is 0. The van der Waals surface area contributed by atoms with Crippen LogP contribution in [0.15, 0.2) is 43.0 Å². The van der Waals surface area contributed by atoms with Crippen LogP contribution in [0.4, 0.5) is 0 Å². The molecule has 4 heteroatoms. The van der Waals surface area contributed by atoms with E-state index in [1.807, 2.05) is 16.7 Å². The summed E-state index contributed by atoms with van der Waals surface area (Å²) in [7, 11) is 0. The number of hydrogen-bond donors (Lipinski definition) is 1. The molecule has 0 aliphatic rings. The second-order valence-electron chi connectivity index (χ2n) is 2.88. The topological polar surface area (TPSA) is 60.9 Å². The van der Waals surface area contributed by atoms with Crippen LogP contribution in [0.25, 0.3) is 5.69 Å². The molecule has 2 aromatic heterocycles. The summed E-state index contributed by atoms with van der Waals surface area (Å²) in [5.74, 6) is -0.419. The Balaban J connectivity index is 2.39. The van der Waals surface area contributed by atoms with E-state index in [0.29, 0.717) is 5.56 Å². The molecular weight excluding hydrogens is 178 g/mol. The number of nitrogens with two attached hydrogens (primary N) is 1. The van der Waals surface area contributed by atoms with Crippen molar-refractivity contribution >= 4 is 5.91 Å². The molecule has 0 unspecified atom stereocenters. The van der Waals surface area contributed by atoms with E-state index in [0.717, 1.165) is 5.69 Å². The van der Waals surface area contributed by atoms with Crippen LogP contribution in [0.2, 0.25) is 0 Å². The number of nitrogens with zero attached hydrogens (tertiary/aromatic N) is 2. The van der Waals surface area contributed by atoms with Crippen molar-refractivity contribution in [2.45, 2.75) is 0 Å². The van der Waals surface area contributed by atoms with Crippen LogP contribution in [-0.2, 0) is 0 Å². The Hall–Kier alpha value is -2.10. The third kappa shape index (κ3) is 1.50. The molecule has 2 aromatic rings. The van der Waals surface area contributed by atoms with Crippen molar-refractivity contribution < 1.29 is 4.79 Å². The SMILES string of the molecule is NC(=O)c1ccn(-c2ccncc2)c1. The molecule has 2 rings (SSSR count). The van der Waals surface area contributed by atoms with Gasteiger partial charge in [0.2, 0.25) is 5.91 Å². The fraction of sp³-hybridized carbons (Fsp3) is 0. The molecule has 0 atom stereocenters. The number of rotatable bonds is 2. The summed E-state index contributed by atoms with van der Waals surface area (Å²) in [4.78, 5) is 14.7. The molecule has 0 aliphatic carbocycles. The zero-order valence-corrected chi connectivity index (χ0v) is 7.42. The fourth-order valence-corrected chi connectivity index (χ4v) is 1.22. The van der Waals surface area contributed by atoms with Crippen LogP contribution < -0.4 is 5.73 Å². The number of hydrogen-bond acceptors (Lipinski definition) is 2. The number of carbonyl (C=O) groups is 1. The molecule has 4 nitrogen and oxygen atoms in total. The zero-order chi connectivity index (χ0) is 9.97. The summed E-state index contributed by atoms with van der Waals surface area (Å²) in [6.45, 7) is 0. The highest BCUT2D eigenvalue weighted by atomic mass is 16.1. The van der Waals surface area contributed by atoms with Crippen LogP contribution in [0.3, 0.4) is 0 Å². The molecule has 2 N–H and O–H groups in total. The Bertz CT molecular complexity index is 447. The van der Waals surface area contributed by atoms with Crippen molar-refractivity contribution in [2.75, 3.05) is 0 Å². The van der Waals surface area contributed by atoms with Crippen LogP contribution in [0.1, 0.15) is 10.4 Å². The Morgan fingerprint density at radius 2 is 2.00 bits per heavy atom. The number of amides is 1. The molecule has 0 bridgehead atoms. The number of primary amides is 1. The van der Waals surface area contributed by atoms with Gasteiger partial charge in [0.1, 0.15) is 0 Å². The van der Waals surface area contributed by atoms with E-state index < -0.39 is 5.91 Å². The highest BCUT2D eigenvalue weighted by Gasteiger charge is 2.02. The quantitative estimate of drug-likeness (QED) is 0.761. The minimum atomic E-state index is -0.419. The lowest BCUT2D eigenvalue weighted by Gasteiger charge is -1.99. The smallest absolute Gasteiger partial charge is 0.250 e. The van der Waals surface area contributed by atoms with Gasteiger partial charge in [0.25, 0.3) is 0 Å². The Morgan fingerprint density at radius 3 is 2.57 bits per heavy atom. The summed E-state index contributed by atoms with van der Waals surface area (Å²) in [6.07, 6.45) is 6.87. The van der Waals surface area contributed by atoms with E-state index in [9.17, 15) is 4.79 Å². The highest BCUT2D eigenvalue weighted by molar-refractivity contribution is 5.92. The molecule has 0 aromatic carbocycles. The van der Waals surface area contributed by atoms with Gasteiger partial charge in [-0.25, -0.2) is 0 Å². The predicted molar refractivity (Wildman–Crippen MR) is 52.1 cm³/mol. The first-order chi connectivity index (χ1) is 6.77. The van der Waals surface area contributed by atoms with E-state index in [1.165, 1.54) is 0 Å². The van der Waals surface area contributed by atoms with Crippen LogP contribution in [-0.4, -0.2) is 15.5 Å². The van der Waals surface area contributed by atoms with Gasteiger partial charge < -0.3 is 10.3 Å². The van der Waals surface area contributed by atoms with E-state index in [4.69, 9.17) is 5.73 Å². The average Bonchev–Trinajstić information content (AvgIpc) is 2.68. The van der Waals surface area contributed by atoms with Crippen LogP contribution in [0, 0.1) is 0 Å². The fourth-order valence-electron chi connectivity index (χ4n) is 1.22. The van der Waals surface area contributed by atoms with Gasteiger partial charge in [-0.2, -0.15) is 0 Å². The van der Waals surface area contributed by atoms with E-state index >= 15 is 0 Å². The minimum absolute atomic E-state index is 0.419. The first kappa shape index (κ1) is 8.50. The largest absolute Gasteiger partial charge is 0.366 e. The molecule has 0 saturated carbocycles. The van der Waals surface area contributed by atoms with E-state index in [2.05, 4.69) is 4.98 Å². The molecule has 70 valence electrons. The molecule has 14 heavy (non-hydrogen) atoms. The van der Waals surface area contributed by atoms with Gasteiger partial charge in [-0.1, -0.05) is 0 Å². The normalized spacial score (nSPS) is 10.0.